The first-order valence-corrected chi connectivity index (χ1v) is 5.48. The van der Waals surface area contributed by atoms with E-state index in [4.69, 9.17) is 11.6 Å². The van der Waals surface area contributed by atoms with E-state index >= 15 is 0 Å². The molecule has 1 N–H and O–H groups in total. The molecule has 1 aromatic heterocycles. The summed E-state index contributed by atoms with van der Waals surface area (Å²) in [6, 6.07) is 6.65. The molecule has 0 aliphatic rings. The molecule has 0 radical (unpaired) electrons. The summed E-state index contributed by atoms with van der Waals surface area (Å²) in [5, 5.41) is 13.1. The van der Waals surface area contributed by atoms with Gasteiger partial charge in [0.2, 0.25) is 5.95 Å². The Bertz CT molecular complexity index is 630. The summed E-state index contributed by atoms with van der Waals surface area (Å²) in [7, 11) is 0. The summed E-state index contributed by atoms with van der Waals surface area (Å²) < 4.78 is 0. The number of rotatable bonds is 3. The summed E-state index contributed by atoms with van der Waals surface area (Å²) in [6.45, 7) is 0. The molecule has 0 fully saturated rings. The first kappa shape index (κ1) is 12.9. The molecular formula is C11H7ClN4O3. The third kappa shape index (κ3) is 3.23. The number of halogens is 1. The zero-order valence-corrected chi connectivity index (χ0v) is 10.2. The number of aromatic nitrogens is 2. The minimum absolute atomic E-state index is 0.0656. The minimum Gasteiger partial charge on any atom is -0.290 e. The van der Waals surface area contributed by atoms with Crippen molar-refractivity contribution in [2.24, 2.45) is 0 Å². The zero-order chi connectivity index (χ0) is 13.8. The van der Waals surface area contributed by atoms with E-state index in [2.05, 4.69) is 15.3 Å². The maximum Gasteiger partial charge on any atom is 0.269 e. The van der Waals surface area contributed by atoms with Crippen molar-refractivity contribution in [1.29, 1.82) is 0 Å². The Morgan fingerprint density at radius 3 is 2.53 bits per heavy atom. The number of amides is 1. The summed E-state index contributed by atoms with van der Waals surface area (Å²) in [5.74, 6) is -0.409. The molecule has 1 heterocycles. The van der Waals surface area contributed by atoms with Crippen molar-refractivity contribution < 1.29 is 9.72 Å². The number of anilines is 1. The monoisotopic (exact) mass is 278 g/mol. The van der Waals surface area contributed by atoms with Crippen LogP contribution in [0.15, 0.2) is 36.5 Å². The topological polar surface area (TPSA) is 98.0 Å². The SMILES string of the molecule is O=C(Nc1nccc(Cl)n1)c1ccc([N+](=O)[O-])cc1. The van der Waals surface area contributed by atoms with E-state index in [1.165, 1.54) is 36.5 Å². The minimum atomic E-state index is -0.540. The van der Waals surface area contributed by atoms with Crippen LogP contribution in [0.3, 0.4) is 0 Å². The van der Waals surface area contributed by atoms with Crippen LogP contribution in [0.5, 0.6) is 0 Å². The van der Waals surface area contributed by atoms with Gasteiger partial charge in [0.05, 0.1) is 4.92 Å². The van der Waals surface area contributed by atoms with Gasteiger partial charge in [-0.1, -0.05) is 11.6 Å². The molecule has 0 bridgehead atoms. The molecule has 7 nitrogen and oxygen atoms in total. The van der Waals surface area contributed by atoms with Crippen molar-refractivity contribution in [3.8, 4) is 0 Å². The first-order chi connectivity index (χ1) is 9.06. The van der Waals surface area contributed by atoms with Crippen LogP contribution < -0.4 is 5.32 Å². The summed E-state index contributed by atoms with van der Waals surface area (Å²) in [4.78, 5) is 29.4. The number of hydrogen-bond donors (Lipinski definition) is 1. The van der Waals surface area contributed by atoms with Crippen molar-refractivity contribution in [2.75, 3.05) is 5.32 Å². The Morgan fingerprint density at radius 1 is 1.26 bits per heavy atom. The lowest BCUT2D eigenvalue weighted by atomic mass is 10.2. The van der Waals surface area contributed by atoms with E-state index in [0.717, 1.165) is 0 Å². The van der Waals surface area contributed by atoms with Gasteiger partial charge in [-0.25, -0.2) is 9.97 Å². The van der Waals surface area contributed by atoms with E-state index in [1.807, 2.05) is 0 Å². The fraction of sp³-hybridized carbons (Fsp3) is 0. The molecule has 0 saturated carbocycles. The van der Waals surface area contributed by atoms with Crippen molar-refractivity contribution in [2.45, 2.75) is 0 Å². The Kier molecular flexibility index (Phi) is 3.67. The van der Waals surface area contributed by atoms with Crippen LogP contribution in [-0.4, -0.2) is 20.8 Å². The second-order valence-corrected chi connectivity index (χ2v) is 3.85. The van der Waals surface area contributed by atoms with Crippen LogP contribution in [0, 0.1) is 10.1 Å². The lowest BCUT2D eigenvalue weighted by molar-refractivity contribution is -0.384. The molecule has 0 aliphatic heterocycles. The summed E-state index contributed by atoms with van der Waals surface area (Å²) in [6.07, 6.45) is 1.40. The van der Waals surface area contributed by atoms with Crippen molar-refractivity contribution in [3.63, 3.8) is 0 Å². The number of nitro benzene ring substituents is 1. The quantitative estimate of drug-likeness (QED) is 0.527. The molecular weight excluding hydrogens is 272 g/mol. The number of hydrogen-bond acceptors (Lipinski definition) is 5. The number of carbonyl (C=O) groups excluding carboxylic acids is 1. The molecule has 0 aliphatic carbocycles. The third-order valence-electron chi connectivity index (χ3n) is 2.19. The number of nitro groups is 1. The fourth-order valence-electron chi connectivity index (χ4n) is 1.31. The van der Waals surface area contributed by atoms with Gasteiger partial charge in [-0.3, -0.25) is 20.2 Å². The number of nitrogens with one attached hydrogen (secondary N) is 1. The van der Waals surface area contributed by atoms with Crippen LogP contribution >= 0.6 is 11.6 Å². The van der Waals surface area contributed by atoms with Crippen molar-refractivity contribution in [3.05, 3.63) is 57.4 Å². The maximum atomic E-state index is 11.8. The molecule has 1 aromatic carbocycles. The fourth-order valence-corrected chi connectivity index (χ4v) is 1.44. The van der Waals surface area contributed by atoms with Crippen LogP contribution in [0.4, 0.5) is 11.6 Å². The van der Waals surface area contributed by atoms with Crippen LogP contribution in [0.1, 0.15) is 10.4 Å². The van der Waals surface area contributed by atoms with Gasteiger partial charge < -0.3 is 0 Å². The van der Waals surface area contributed by atoms with Gasteiger partial charge in [0.25, 0.3) is 11.6 Å². The van der Waals surface area contributed by atoms with Gasteiger partial charge in [-0.05, 0) is 18.2 Å². The molecule has 2 rings (SSSR count). The van der Waals surface area contributed by atoms with Crippen LogP contribution in [0.25, 0.3) is 0 Å². The first-order valence-electron chi connectivity index (χ1n) is 5.10. The number of nitrogens with zero attached hydrogens (tertiary/aromatic N) is 3. The highest BCUT2D eigenvalue weighted by molar-refractivity contribution is 6.29. The number of non-ortho nitro benzene ring substituents is 1. The van der Waals surface area contributed by atoms with Gasteiger partial charge in [0.1, 0.15) is 5.15 Å². The molecule has 0 atom stereocenters. The lowest BCUT2D eigenvalue weighted by Crippen LogP contribution is -2.14. The molecule has 8 heteroatoms. The van der Waals surface area contributed by atoms with Gasteiger partial charge in [0, 0.05) is 23.9 Å². The Labute approximate surface area is 112 Å². The molecule has 2 aromatic rings. The zero-order valence-electron chi connectivity index (χ0n) is 9.41. The second-order valence-electron chi connectivity index (χ2n) is 3.46. The third-order valence-corrected chi connectivity index (χ3v) is 2.40. The number of benzene rings is 1. The summed E-state index contributed by atoms with van der Waals surface area (Å²) >= 11 is 5.65. The Balaban J connectivity index is 2.14. The average Bonchev–Trinajstić information content (AvgIpc) is 2.39. The second kappa shape index (κ2) is 5.40. The van der Waals surface area contributed by atoms with Crippen molar-refractivity contribution in [1.82, 2.24) is 9.97 Å². The highest BCUT2D eigenvalue weighted by Gasteiger charge is 2.10. The van der Waals surface area contributed by atoms with Crippen molar-refractivity contribution >= 4 is 29.1 Å². The molecule has 0 saturated heterocycles. The van der Waals surface area contributed by atoms with E-state index < -0.39 is 10.8 Å². The van der Waals surface area contributed by atoms with E-state index in [1.54, 1.807) is 0 Å². The normalized spacial score (nSPS) is 9.95. The smallest absolute Gasteiger partial charge is 0.269 e. The highest BCUT2D eigenvalue weighted by Crippen LogP contribution is 2.13. The molecule has 1 amide bonds. The van der Waals surface area contributed by atoms with Crippen LogP contribution in [-0.2, 0) is 0 Å². The summed E-state index contributed by atoms with van der Waals surface area (Å²) in [5.41, 5.74) is 0.171. The van der Waals surface area contributed by atoms with E-state index in [-0.39, 0.29) is 22.4 Å². The van der Waals surface area contributed by atoms with Crippen LogP contribution in [0.2, 0.25) is 5.15 Å². The van der Waals surface area contributed by atoms with Gasteiger partial charge in [-0.2, -0.15) is 0 Å². The van der Waals surface area contributed by atoms with Gasteiger partial charge >= 0.3 is 0 Å². The lowest BCUT2D eigenvalue weighted by Gasteiger charge is -2.03. The maximum absolute atomic E-state index is 11.8. The van der Waals surface area contributed by atoms with Gasteiger partial charge in [0.15, 0.2) is 0 Å². The van der Waals surface area contributed by atoms with E-state index in [9.17, 15) is 14.9 Å². The Hall–Kier alpha value is -2.54. The number of carbonyl (C=O) groups is 1. The van der Waals surface area contributed by atoms with Gasteiger partial charge in [-0.15, -0.1) is 0 Å². The molecule has 19 heavy (non-hydrogen) atoms. The predicted molar refractivity (Wildman–Crippen MR) is 68.1 cm³/mol. The largest absolute Gasteiger partial charge is 0.290 e. The highest BCUT2D eigenvalue weighted by atomic mass is 35.5. The standard InChI is InChI=1S/C11H7ClN4O3/c12-9-5-6-13-11(14-9)15-10(17)7-1-3-8(4-2-7)16(18)19/h1-6H,(H,13,14,15,17). The molecule has 0 spiro atoms. The van der Waals surface area contributed by atoms with E-state index in [0.29, 0.717) is 0 Å². The molecule has 96 valence electrons. The predicted octanol–water partition coefficient (Wildman–Crippen LogP) is 2.29. The average molecular weight is 279 g/mol. The molecule has 0 unspecified atom stereocenters. The Morgan fingerprint density at radius 2 is 1.95 bits per heavy atom.